The van der Waals surface area contributed by atoms with Crippen LogP contribution in [0.3, 0.4) is 0 Å². The second-order valence-corrected chi connectivity index (χ2v) is 7.49. The number of ether oxygens (including phenoxy) is 3. The number of carbonyl (C=O) groups is 2. The molecule has 0 atom stereocenters. The van der Waals surface area contributed by atoms with Gasteiger partial charge < -0.3 is 14.2 Å². The number of benzene rings is 2. The molecule has 0 unspecified atom stereocenters. The van der Waals surface area contributed by atoms with Crippen LogP contribution in [0.2, 0.25) is 0 Å². The fourth-order valence-corrected chi connectivity index (χ4v) is 2.91. The van der Waals surface area contributed by atoms with Crippen LogP contribution in [-0.2, 0) is 9.59 Å². The van der Waals surface area contributed by atoms with Crippen molar-refractivity contribution in [2.24, 2.45) is 0 Å². The summed E-state index contributed by atoms with van der Waals surface area (Å²) in [4.78, 5) is 23.9. The topological polar surface area (TPSA) is 61.8 Å². The quantitative estimate of drug-likeness (QED) is 0.145. The zero-order valence-corrected chi connectivity index (χ0v) is 18.9. The molecule has 2 aromatic carbocycles. The molecular weight excluding hydrogens is 404 g/mol. The van der Waals surface area contributed by atoms with Crippen molar-refractivity contribution >= 4 is 18.0 Å². The van der Waals surface area contributed by atoms with Gasteiger partial charge in [-0.2, -0.15) is 0 Å². The Morgan fingerprint density at radius 2 is 1.47 bits per heavy atom. The zero-order valence-electron chi connectivity index (χ0n) is 18.9. The highest BCUT2D eigenvalue weighted by atomic mass is 16.5. The van der Waals surface area contributed by atoms with Crippen LogP contribution in [0.25, 0.3) is 6.08 Å². The summed E-state index contributed by atoms with van der Waals surface area (Å²) in [5.41, 5.74) is 0.799. The minimum absolute atomic E-state index is 0.238. The number of hydrogen-bond donors (Lipinski definition) is 0. The molecule has 0 aliphatic heterocycles. The summed E-state index contributed by atoms with van der Waals surface area (Å²) < 4.78 is 16.3. The number of esters is 2. The molecule has 5 nitrogen and oxygen atoms in total. The number of unbranched alkanes of at least 4 members (excludes halogenated alkanes) is 5. The van der Waals surface area contributed by atoms with Gasteiger partial charge in [0.05, 0.1) is 6.61 Å². The van der Waals surface area contributed by atoms with Gasteiger partial charge in [-0.05, 0) is 60.9 Å². The van der Waals surface area contributed by atoms with Gasteiger partial charge in [-0.25, -0.2) is 4.79 Å². The van der Waals surface area contributed by atoms with Crippen LogP contribution in [-0.4, -0.2) is 18.5 Å². The molecule has 0 bridgehead atoms. The van der Waals surface area contributed by atoms with Gasteiger partial charge in [0.1, 0.15) is 17.2 Å². The highest BCUT2D eigenvalue weighted by Gasteiger charge is 2.05. The zero-order chi connectivity index (χ0) is 23.0. The molecule has 0 saturated carbocycles. The molecule has 0 amide bonds. The van der Waals surface area contributed by atoms with E-state index in [1.165, 1.54) is 6.08 Å². The summed E-state index contributed by atoms with van der Waals surface area (Å²) in [5, 5.41) is 0. The van der Waals surface area contributed by atoms with Gasteiger partial charge in [0.15, 0.2) is 0 Å². The fourth-order valence-electron chi connectivity index (χ4n) is 2.91. The molecule has 0 saturated heterocycles. The van der Waals surface area contributed by atoms with Gasteiger partial charge in [-0.15, -0.1) is 0 Å². The Balaban J connectivity index is 1.75. The van der Waals surface area contributed by atoms with E-state index in [0.717, 1.165) is 56.3 Å². The molecular formula is C27H33O5. The van der Waals surface area contributed by atoms with Crippen molar-refractivity contribution in [2.45, 2.75) is 58.3 Å². The van der Waals surface area contributed by atoms with Crippen LogP contribution in [0.15, 0.2) is 54.6 Å². The Bertz CT molecular complexity index is 837. The lowest BCUT2D eigenvalue weighted by Gasteiger charge is -2.07. The third-order valence-electron chi connectivity index (χ3n) is 4.71. The molecule has 2 aromatic rings. The second kappa shape index (κ2) is 14.8. The first-order valence-corrected chi connectivity index (χ1v) is 11.3. The van der Waals surface area contributed by atoms with Crippen molar-refractivity contribution < 1.29 is 23.8 Å². The molecule has 0 aromatic heterocycles. The average Bonchev–Trinajstić information content (AvgIpc) is 2.80. The third kappa shape index (κ3) is 10.3. The summed E-state index contributed by atoms with van der Waals surface area (Å²) in [5.74, 6) is 0.995. The molecule has 0 spiro atoms. The second-order valence-electron chi connectivity index (χ2n) is 7.49. The first-order chi connectivity index (χ1) is 15.6. The number of rotatable bonds is 14. The number of carbonyl (C=O) groups excluding carboxylic acids is 2. The predicted octanol–water partition coefficient (Wildman–Crippen LogP) is 6.56. The lowest BCUT2D eigenvalue weighted by Crippen LogP contribution is -2.07. The van der Waals surface area contributed by atoms with Crippen molar-refractivity contribution in [3.8, 4) is 17.2 Å². The Labute approximate surface area is 191 Å². The van der Waals surface area contributed by atoms with E-state index < -0.39 is 5.97 Å². The van der Waals surface area contributed by atoms with Crippen LogP contribution in [0.5, 0.6) is 17.2 Å². The molecule has 2 rings (SSSR count). The standard InChI is InChI=1S/C27H33O5/c1-3-5-7-8-10-26(28)31-24-14-11-22(12-15-24)13-20-27(29)32-25-18-16-23(17-19-25)30-21-9-6-4-2/h11-20H,1,3-10,21H2,2H3/b20-13+. The van der Waals surface area contributed by atoms with Gasteiger partial charge in [0, 0.05) is 12.5 Å². The molecule has 0 heterocycles. The Hall–Kier alpha value is -3.08. The van der Waals surface area contributed by atoms with Crippen molar-refractivity contribution in [3.63, 3.8) is 0 Å². The molecule has 0 aliphatic rings. The fraction of sp³-hybridized carbons (Fsp3) is 0.370. The van der Waals surface area contributed by atoms with E-state index in [1.54, 1.807) is 54.6 Å². The lowest BCUT2D eigenvalue weighted by atomic mass is 10.1. The average molecular weight is 438 g/mol. The van der Waals surface area contributed by atoms with Crippen molar-refractivity contribution in [1.29, 1.82) is 0 Å². The summed E-state index contributed by atoms with van der Waals surface area (Å²) in [6, 6.07) is 14.0. The molecule has 0 fully saturated rings. The van der Waals surface area contributed by atoms with Crippen LogP contribution in [0.4, 0.5) is 0 Å². The number of hydrogen-bond acceptors (Lipinski definition) is 5. The molecule has 32 heavy (non-hydrogen) atoms. The summed E-state index contributed by atoms with van der Waals surface area (Å²) in [6.07, 6.45) is 10.4. The molecule has 5 heteroatoms. The first-order valence-electron chi connectivity index (χ1n) is 11.3. The maximum absolute atomic E-state index is 12.1. The SMILES string of the molecule is [CH2]CCCCCC(=O)Oc1ccc(/C=C/C(=O)Oc2ccc(OCCCCC)cc2)cc1. The Morgan fingerprint density at radius 3 is 2.16 bits per heavy atom. The van der Waals surface area contributed by atoms with Crippen molar-refractivity contribution in [3.05, 3.63) is 67.1 Å². The predicted molar refractivity (Wildman–Crippen MR) is 127 cm³/mol. The van der Waals surface area contributed by atoms with Gasteiger partial charge in [0.25, 0.3) is 0 Å². The Kier molecular flexibility index (Phi) is 11.7. The third-order valence-corrected chi connectivity index (χ3v) is 4.71. The molecule has 1 radical (unpaired) electrons. The summed E-state index contributed by atoms with van der Waals surface area (Å²) in [7, 11) is 0. The summed E-state index contributed by atoms with van der Waals surface area (Å²) >= 11 is 0. The normalized spacial score (nSPS) is 10.8. The van der Waals surface area contributed by atoms with Crippen LogP contribution >= 0.6 is 0 Å². The van der Waals surface area contributed by atoms with E-state index in [4.69, 9.17) is 14.2 Å². The van der Waals surface area contributed by atoms with Crippen LogP contribution in [0.1, 0.15) is 63.9 Å². The minimum Gasteiger partial charge on any atom is -0.494 e. The van der Waals surface area contributed by atoms with Gasteiger partial charge in [-0.1, -0.05) is 58.1 Å². The monoisotopic (exact) mass is 437 g/mol. The van der Waals surface area contributed by atoms with Crippen LogP contribution < -0.4 is 14.2 Å². The Morgan fingerprint density at radius 1 is 0.812 bits per heavy atom. The molecule has 0 aliphatic carbocycles. The van der Waals surface area contributed by atoms with E-state index in [0.29, 0.717) is 24.5 Å². The maximum Gasteiger partial charge on any atom is 0.336 e. The van der Waals surface area contributed by atoms with E-state index in [1.807, 2.05) is 0 Å². The van der Waals surface area contributed by atoms with Crippen LogP contribution in [0, 0.1) is 6.92 Å². The van der Waals surface area contributed by atoms with E-state index in [-0.39, 0.29) is 5.97 Å². The smallest absolute Gasteiger partial charge is 0.336 e. The van der Waals surface area contributed by atoms with Gasteiger partial charge >= 0.3 is 11.9 Å². The molecule has 171 valence electrons. The maximum atomic E-state index is 12.1. The minimum atomic E-state index is -0.473. The van der Waals surface area contributed by atoms with Gasteiger partial charge in [0.2, 0.25) is 0 Å². The summed E-state index contributed by atoms with van der Waals surface area (Å²) in [6.45, 7) is 6.62. The first kappa shape index (κ1) is 25.2. The van der Waals surface area contributed by atoms with Gasteiger partial charge in [-0.3, -0.25) is 4.79 Å². The van der Waals surface area contributed by atoms with E-state index in [2.05, 4.69) is 13.8 Å². The highest BCUT2D eigenvalue weighted by molar-refractivity contribution is 5.88. The largest absolute Gasteiger partial charge is 0.494 e. The van der Waals surface area contributed by atoms with Crippen molar-refractivity contribution in [2.75, 3.05) is 6.61 Å². The van der Waals surface area contributed by atoms with Crippen molar-refractivity contribution in [1.82, 2.24) is 0 Å². The lowest BCUT2D eigenvalue weighted by molar-refractivity contribution is -0.134. The highest BCUT2D eigenvalue weighted by Crippen LogP contribution is 2.19. The van der Waals surface area contributed by atoms with E-state index >= 15 is 0 Å². The molecule has 0 N–H and O–H groups in total. The van der Waals surface area contributed by atoms with E-state index in [9.17, 15) is 9.59 Å².